The van der Waals surface area contributed by atoms with E-state index in [0.29, 0.717) is 28.0 Å². The van der Waals surface area contributed by atoms with Crippen LogP contribution in [-0.4, -0.2) is 45.7 Å². The van der Waals surface area contributed by atoms with Gasteiger partial charge in [-0.05, 0) is 60.2 Å². The van der Waals surface area contributed by atoms with Crippen LogP contribution in [0.1, 0.15) is 37.9 Å². The second-order valence-corrected chi connectivity index (χ2v) is 7.56. The minimum atomic E-state index is -0.576. The van der Waals surface area contributed by atoms with Crippen LogP contribution in [0.3, 0.4) is 0 Å². The molecule has 0 radical (unpaired) electrons. The van der Waals surface area contributed by atoms with Gasteiger partial charge >= 0.3 is 0 Å². The number of amides is 2. The quantitative estimate of drug-likeness (QED) is 0.622. The molecule has 7 heteroatoms. The molecule has 3 aromatic rings. The number of aromatic nitrogens is 1. The summed E-state index contributed by atoms with van der Waals surface area (Å²) in [4.78, 5) is 43.7. The Balaban J connectivity index is 1.69. The first kappa shape index (κ1) is 21.0. The first-order valence-corrected chi connectivity index (χ1v) is 10.1. The second kappa shape index (κ2) is 8.85. The minimum Gasteiger partial charge on any atom is -0.508 e. The minimum absolute atomic E-state index is 0.0885. The fourth-order valence-corrected chi connectivity index (χ4v) is 3.71. The van der Waals surface area contributed by atoms with Crippen LogP contribution in [-0.2, 0) is 4.79 Å². The average Bonchev–Trinajstić information content (AvgIpc) is 2.81. The summed E-state index contributed by atoms with van der Waals surface area (Å²) in [6.45, 7) is 0.333. The van der Waals surface area contributed by atoms with Crippen molar-refractivity contribution in [2.75, 3.05) is 13.1 Å². The maximum absolute atomic E-state index is 13.3. The summed E-state index contributed by atoms with van der Waals surface area (Å²) in [5.74, 6) is -1.39. The third-order valence-electron chi connectivity index (χ3n) is 5.41. The Morgan fingerprint density at radius 1 is 1.00 bits per heavy atom. The average molecular weight is 427 g/mol. The molecule has 0 spiro atoms. The highest BCUT2D eigenvalue weighted by Crippen LogP contribution is 2.30. The van der Waals surface area contributed by atoms with Crippen LogP contribution >= 0.6 is 0 Å². The molecule has 1 saturated heterocycles. The van der Waals surface area contributed by atoms with Gasteiger partial charge in [-0.25, -0.2) is 0 Å². The van der Waals surface area contributed by atoms with Crippen molar-refractivity contribution >= 4 is 23.7 Å². The molecule has 0 saturated carbocycles. The molecule has 1 aliphatic heterocycles. The summed E-state index contributed by atoms with van der Waals surface area (Å²) in [5.41, 5.74) is 7.79. The van der Waals surface area contributed by atoms with Crippen molar-refractivity contribution in [3.63, 3.8) is 0 Å². The normalized spacial score (nSPS) is 17.4. The lowest BCUT2D eigenvalue weighted by atomic mass is 9.85. The largest absolute Gasteiger partial charge is 0.508 e. The van der Waals surface area contributed by atoms with Crippen LogP contribution in [0.15, 0.2) is 78.5 Å². The van der Waals surface area contributed by atoms with E-state index in [1.165, 1.54) is 24.3 Å². The van der Waals surface area contributed by atoms with Crippen molar-refractivity contribution in [3.05, 3.63) is 101 Å². The molecule has 0 bridgehead atoms. The Labute approximate surface area is 184 Å². The van der Waals surface area contributed by atoms with Gasteiger partial charge < -0.3 is 15.7 Å². The van der Waals surface area contributed by atoms with Crippen LogP contribution < -0.4 is 5.73 Å². The van der Waals surface area contributed by atoms with Crippen molar-refractivity contribution < 1.29 is 19.5 Å². The second-order valence-electron chi connectivity index (χ2n) is 7.56. The van der Waals surface area contributed by atoms with Crippen molar-refractivity contribution in [1.29, 1.82) is 0 Å². The van der Waals surface area contributed by atoms with E-state index >= 15 is 0 Å². The highest BCUT2D eigenvalue weighted by Gasteiger charge is 2.34. The van der Waals surface area contributed by atoms with Crippen LogP contribution in [0, 0.1) is 0 Å². The van der Waals surface area contributed by atoms with Crippen LogP contribution in [0.2, 0.25) is 0 Å². The van der Waals surface area contributed by atoms with Crippen molar-refractivity contribution in [1.82, 2.24) is 9.88 Å². The Bertz CT molecular complexity index is 1190. The smallest absolute Gasteiger partial charge is 0.254 e. The third kappa shape index (κ3) is 4.41. The summed E-state index contributed by atoms with van der Waals surface area (Å²) in [7, 11) is 0. The number of pyridine rings is 1. The molecule has 1 atom stereocenters. The molecule has 1 aliphatic rings. The molecule has 160 valence electrons. The number of likely N-dealkylation sites (tertiary alicyclic amines) is 1. The van der Waals surface area contributed by atoms with E-state index in [1.54, 1.807) is 53.6 Å². The van der Waals surface area contributed by atoms with Gasteiger partial charge in [-0.15, -0.1) is 0 Å². The Kier molecular flexibility index (Phi) is 5.81. The number of carbonyl (C=O) groups excluding carboxylic acids is 3. The number of rotatable bonds is 4. The summed E-state index contributed by atoms with van der Waals surface area (Å²) in [5, 5.41) is 9.62. The summed E-state index contributed by atoms with van der Waals surface area (Å²) >= 11 is 0. The summed E-state index contributed by atoms with van der Waals surface area (Å²) in [6, 6.07) is 17.9. The van der Waals surface area contributed by atoms with E-state index < -0.39 is 11.8 Å². The van der Waals surface area contributed by atoms with Gasteiger partial charge in [-0.3, -0.25) is 19.4 Å². The van der Waals surface area contributed by atoms with Gasteiger partial charge in [0.1, 0.15) is 5.75 Å². The van der Waals surface area contributed by atoms with Crippen molar-refractivity contribution in [2.24, 2.45) is 5.73 Å². The Hall–Kier alpha value is -4.26. The van der Waals surface area contributed by atoms with Gasteiger partial charge in [0, 0.05) is 36.0 Å². The highest BCUT2D eigenvalue weighted by atomic mass is 16.3. The number of phenols is 1. The first-order chi connectivity index (χ1) is 15.4. The lowest BCUT2D eigenvalue weighted by Gasteiger charge is -2.34. The third-order valence-corrected chi connectivity index (χ3v) is 5.41. The standard InChI is InChI=1S/C25H21N3O4/c26-24(31)17-4-6-18(7-5-17)25(32)28-14-19(13-20-3-1-2-12-27-20)23(30)22(15-28)16-8-10-21(29)11-9-16/h1-13,22,29H,14-15H2,(H2,26,31). The number of hydrogen-bond acceptors (Lipinski definition) is 5. The Morgan fingerprint density at radius 3 is 2.31 bits per heavy atom. The summed E-state index contributed by atoms with van der Waals surface area (Å²) < 4.78 is 0. The zero-order valence-corrected chi connectivity index (χ0v) is 17.1. The molecule has 2 heterocycles. The molecular formula is C25H21N3O4. The first-order valence-electron chi connectivity index (χ1n) is 10.1. The number of phenolic OH excluding ortho intramolecular Hbond substituents is 1. The van der Waals surface area contributed by atoms with Crippen molar-refractivity contribution in [2.45, 2.75) is 5.92 Å². The van der Waals surface area contributed by atoms with E-state index in [1.807, 2.05) is 6.07 Å². The zero-order valence-electron chi connectivity index (χ0n) is 17.1. The fourth-order valence-electron chi connectivity index (χ4n) is 3.71. The number of aromatic hydroxyl groups is 1. The number of primary amides is 1. The lowest BCUT2D eigenvalue weighted by molar-refractivity contribution is -0.118. The molecular weight excluding hydrogens is 406 g/mol. The molecule has 2 amide bonds. The van der Waals surface area contributed by atoms with Crippen LogP contribution in [0.25, 0.3) is 6.08 Å². The van der Waals surface area contributed by atoms with E-state index in [2.05, 4.69) is 4.98 Å². The van der Waals surface area contributed by atoms with E-state index in [4.69, 9.17) is 5.73 Å². The van der Waals surface area contributed by atoms with Gasteiger partial charge in [0.05, 0.1) is 11.6 Å². The molecule has 3 N–H and O–H groups in total. The lowest BCUT2D eigenvalue weighted by Crippen LogP contribution is -2.44. The maximum atomic E-state index is 13.3. The fraction of sp³-hybridized carbons (Fsp3) is 0.120. The van der Waals surface area contributed by atoms with Gasteiger partial charge in [-0.2, -0.15) is 0 Å². The molecule has 4 rings (SSSR count). The van der Waals surface area contributed by atoms with Crippen LogP contribution in [0.5, 0.6) is 5.75 Å². The predicted octanol–water partition coefficient (Wildman–Crippen LogP) is 2.78. The number of Topliss-reactive ketones (excluding diaryl/α,β-unsaturated/α-hetero) is 1. The highest BCUT2D eigenvalue weighted by molar-refractivity contribution is 6.07. The number of carbonyl (C=O) groups is 3. The van der Waals surface area contributed by atoms with Gasteiger partial charge in [0.25, 0.3) is 5.91 Å². The molecule has 2 aromatic carbocycles. The van der Waals surface area contributed by atoms with Crippen molar-refractivity contribution in [3.8, 4) is 5.75 Å². The number of piperidine rings is 1. The van der Waals surface area contributed by atoms with E-state index in [9.17, 15) is 19.5 Å². The molecule has 0 aliphatic carbocycles. The molecule has 1 unspecified atom stereocenters. The number of ketones is 1. The monoisotopic (exact) mass is 427 g/mol. The van der Waals surface area contributed by atoms with Crippen LogP contribution in [0.4, 0.5) is 0 Å². The summed E-state index contributed by atoms with van der Waals surface area (Å²) in [6.07, 6.45) is 3.34. The van der Waals surface area contributed by atoms with Gasteiger partial charge in [-0.1, -0.05) is 18.2 Å². The number of benzene rings is 2. The molecule has 1 aromatic heterocycles. The zero-order chi connectivity index (χ0) is 22.7. The predicted molar refractivity (Wildman–Crippen MR) is 119 cm³/mol. The number of nitrogens with two attached hydrogens (primary N) is 1. The van der Waals surface area contributed by atoms with Gasteiger partial charge in [0.2, 0.25) is 5.91 Å². The molecule has 1 fully saturated rings. The van der Waals surface area contributed by atoms with E-state index in [-0.39, 0.29) is 30.5 Å². The number of hydrogen-bond donors (Lipinski definition) is 2. The topological polar surface area (TPSA) is 114 Å². The SMILES string of the molecule is NC(=O)c1ccc(C(=O)N2CC(=Cc3ccccn3)C(=O)C(c3ccc(O)cc3)C2)cc1. The van der Waals surface area contributed by atoms with Gasteiger partial charge in [0.15, 0.2) is 5.78 Å². The Morgan fingerprint density at radius 2 is 1.69 bits per heavy atom. The molecule has 32 heavy (non-hydrogen) atoms. The maximum Gasteiger partial charge on any atom is 0.254 e. The molecule has 7 nitrogen and oxygen atoms in total. The number of nitrogens with zero attached hydrogens (tertiary/aromatic N) is 2. The van der Waals surface area contributed by atoms with E-state index in [0.717, 1.165) is 0 Å².